The van der Waals surface area contributed by atoms with Crippen molar-refractivity contribution in [3.63, 3.8) is 0 Å². The van der Waals surface area contributed by atoms with Crippen LogP contribution < -0.4 is 5.73 Å². The van der Waals surface area contributed by atoms with Gasteiger partial charge in [-0.05, 0) is 44.1 Å². The molecule has 1 aromatic rings. The summed E-state index contributed by atoms with van der Waals surface area (Å²) in [6.45, 7) is 5.58. The number of amidine groups is 1. The van der Waals surface area contributed by atoms with Crippen molar-refractivity contribution >= 4 is 17.9 Å². The third-order valence-corrected chi connectivity index (χ3v) is 2.76. The molecule has 0 spiro atoms. The van der Waals surface area contributed by atoms with Crippen molar-refractivity contribution < 1.29 is 9.53 Å². The Kier molecular flexibility index (Phi) is 8.14. The van der Waals surface area contributed by atoms with Crippen molar-refractivity contribution in [2.75, 3.05) is 0 Å². The molecule has 4 heteroatoms. The summed E-state index contributed by atoms with van der Waals surface area (Å²) in [5.74, 6) is 0.211. The van der Waals surface area contributed by atoms with Gasteiger partial charge in [-0.3, -0.25) is 0 Å². The number of allylic oxidation sites excluding steroid dienone is 3. The number of ether oxygens (including phenoxy) is 1. The van der Waals surface area contributed by atoms with Crippen LogP contribution in [-0.4, -0.2) is 17.9 Å². The largest absolute Gasteiger partial charge is 0.460 e. The molecule has 0 aromatic heterocycles. The Balaban J connectivity index is 2.59. The monoisotopic (exact) mass is 312 g/mol. The number of esters is 1. The summed E-state index contributed by atoms with van der Waals surface area (Å²) in [7, 11) is 0. The van der Waals surface area contributed by atoms with Crippen molar-refractivity contribution in [3.05, 3.63) is 65.9 Å². The zero-order valence-electron chi connectivity index (χ0n) is 13.9. The number of carbonyl (C=O) groups is 1. The molecule has 0 saturated carbocycles. The predicted octanol–water partition coefficient (Wildman–Crippen LogP) is 3.64. The van der Waals surface area contributed by atoms with Gasteiger partial charge in [0.1, 0.15) is 5.84 Å². The molecule has 0 unspecified atom stereocenters. The first kappa shape index (κ1) is 18.4. The van der Waals surface area contributed by atoms with Crippen molar-refractivity contribution in [2.24, 2.45) is 10.7 Å². The van der Waals surface area contributed by atoms with Gasteiger partial charge in [0, 0.05) is 18.7 Å². The van der Waals surface area contributed by atoms with Crippen LogP contribution in [0.3, 0.4) is 0 Å². The number of carbonyl (C=O) groups excluding carboxylic acids is 1. The summed E-state index contributed by atoms with van der Waals surface area (Å²) in [4.78, 5) is 15.6. The summed E-state index contributed by atoms with van der Waals surface area (Å²) in [5, 5.41) is 0. The first-order chi connectivity index (χ1) is 11.0. The zero-order valence-corrected chi connectivity index (χ0v) is 13.9. The molecule has 0 radical (unpaired) electrons. The van der Waals surface area contributed by atoms with Crippen LogP contribution >= 0.6 is 0 Å². The number of aliphatic imine (C=N–C) groups is 1. The Morgan fingerprint density at radius 1 is 1.26 bits per heavy atom. The van der Waals surface area contributed by atoms with Gasteiger partial charge in [-0.15, -0.1) is 0 Å². The van der Waals surface area contributed by atoms with E-state index in [0.717, 1.165) is 11.1 Å². The lowest BCUT2D eigenvalue weighted by atomic mass is 10.1. The molecule has 0 amide bonds. The Labute approximate surface area is 138 Å². The molecule has 1 aromatic carbocycles. The van der Waals surface area contributed by atoms with Gasteiger partial charge in [0.2, 0.25) is 0 Å². The highest BCUT2D eigenvalue weighted by Gasteiger charge is 2.00. The zero-order chi connectivity index (χ0) is 17.1. The molecule has 122 valence electrons. The lowest BCUT2D eigenvalue weighted by Gasteiger charge is -2.04. The summed E-state index contributed by atoms with van der Waals surface area (Å²) in [5.41, 5.74) is 7.86. The average molecular weight is 312 g/mol. The van der Waals surface area contributed by atoms with Gasteiger partial charge < -0.3 is 10.5 Å². The van der Waals surface area contributed by atoms with Gasteiger partial charge in [0.25, 0.3) is 0 Å². The van der Waals surface area contributed by atoms with E-state index in [1.54, 1.807) is 12.3 Å². The van der Waals surface area contributed by atoms with Crippen LogP contribution in [0.4, 0.5) is 0 Å². The van der Waals surface area contributed by atoms with Crippen LogP contribution in [-0.2, 0) is 16.0 Å². The van der Waals surface area contributed by atoms with E-state index in [9.17, 15) is 4.79 Å². The van der Waals surface area contributed by atoms with Gasteiger partial charge in [-0.1, -0.05) is 36.4 Å². The van der Waals surface area contributed by atoms with Crippen LogP contribution in [0.15, 0.2) is 59.8 Å². The second-order valence-corrected chi connectivity index (χ2v) is 5.23. The fraction of sp³-hybridized carbons (Fsp3) is 0.263. The number of benzene rings is 1. The average Bonchev–Trinajstić information content (AvgIpc) is 2.50. The molecule has 1 rings (SSSR count). The van der Waals surface area contributed by atoms with Crippen LogP contribution in [0, 0.1) is 0 Å². The maximum Gasteiger partial charge on any atom is 0.331 e. The Bertz CT molecular complexity index is 609. The molecule has 0 atom stereocenters. The molecule has 0 bridgehead atoms. The van der Waals surface area contributed by atoms with E-state index in [0.29, 0.717) is 12.3 Å². The van der Waals surface area contributed by atoms with E-state index in [4.69, 9.17) is 10.5 Å². The number of nitrogens with zero attached hydrogens (tertiary/aromatic N) is 1. The molecule has 0 heterocycles. The Hall–Kier alpha value is -2.62. The highest BCUT2D eigenvalue weighted by atomic mass is 16.5. The maximum absolute atomic E-state index is 11.4. The van der Waals surface area contributed by atoms with Crippen molar-refractivity contribution in [3.8, 4) is 0 Å². The van der Waals surface area contributed by atoms with E-state index in [-0.39, 0.29) is 12.1 Å². The summed E-state index contributed by atoms with van der Waals surface area (Å²) >= 11 is 0. The van der Waals surface area contributed by atoms with E-state index >= 15 is 0 Å². The van der Waals surface area contributed by atoms with Gasteiger partial charge in [-0.2, -0.15) is 0 Å². The normalized spacial score (nSPS) is 12.8. The molecule has 0 fully saturated rings. The predicted molar refractivity (Wildman–Crippen MR) is 96.0 cm³/mol. The van der Waals surface area contributed by atoms with Crippen molar-refractivity contribution in [2.45, 2.75) is 33.3 Å². The minimum atomic E-state index is -0.339. The molecule has 23 heavy (non-hydrogen) atoms. The summed E-state index contributed by atoms with van der Waals surface area (Å²) in [6, 6.07) is 7.78. The highest BCUT2D eigenvalue weighted by Crippen LogP contribution is 2.07. The molecule has 0 aliphatic carbocycles. The fourth-order valence-corrected chi connectivity index (χ4v) is 1.74. The second kappa shape index (κ2) is 10.2. The highest BCUT2D eigenvalue weighted by molar-refractivity contribution is 5.87. The number of hydrogen-bond donors (Lipinski definition) is 1. The first-order valence-electron chi connectivity index (χ1n) is 7.59. The van der Waals surface area contributed by atoms with Gasteiger partial charge >= 0.3 is 5.97 Å². The minimum Gasteiger partial charge on any atom is -0.460 e. The third-order valence-electron chi connectivity index (χ3n) is 2.76. The molecule has 4 nitrogen and oxygen atoms in total. The van der Waals surface area contributed by atoms with Gasteiger partial charge in [0.05, 0.1) is 6.10 Å². The van der Waals surface area contributed by atoms with E-state index in [1.165, 1.54) is 6.08 Å². The molecular weight excluding hydrogens is 288 g/mol. The quantitative estimate of drug-likeness (QED) is 0.275. The van der Waals surface area contributed by atoms with Crippen LogP contribution in [0.5, 0.6) is 0 Å². The number of hydrogen-bond acceptors (Lipinski definition) is 3. The lowest BCUT2D eigenvalue weighted by Crippen LogP contribution is -2.14. The topological polar surface area (TPSA) is 64.7 Å². The van der Waals surface area contributed by atoms with Crippen molar-refractivity contribution in [1.82, 2.24) is 0 Å². The Morgan fingerprint density at radius 3 is 2.57 bits per heavy atom. The lowest BCUT2D eigenvalue weighted by molar-refractivity contribution is -0.141. The van der Waals surface area contributed by atoms with E-state index in [2.05, 4.69) is 4.99 Å². The van der Waals surface area contributed by atoms with E-state index in [1.807, 2.05) is 63.3 Å². The van der Waals surface area contributed by atoms with Gasteiger partial charge in [-0.25, -0.2) is 9.79 Å². The van der Waals surface area contributed by atoms with Crippen LogP contribution in [0.1, 0.15) is 31.9 Å². The van der Waals surface area contributed by atoms with Crippen LogP contribution in [0.2, 0.25) is 0 Å². The first-order valence-corrected chi connectivity index (χ1v) is 7.59. The molecular formula is C19H24N2O2. The van der Waals surface area contributed by atoms with Crippen LogP contribution in [0.25, 0.3) is 6.08 Å². The third kappa shape index (κ3) is 8.41. The molecule has 0 aliphatic heterocycles. The van der Waals surface area contributed by atoms with E-state index < -0.39 is 0 Å². The number of rotatable bonds is 7. The molecule has 2 N–H and O–H groups in total. The summed E-state index contributed by atoms with van der Waals surface area (Å²) in [6.07, 6.45) is 10.9. The Morgan fingerprint density at radius 2 is 1.96 bits per heavy atom. The minimum absolute atomic E-state index is 0.112. The SMILES string of the molecule is C/C=C/C=C/N=C(N)Cc1ccc(/C=C/C(=O)OC(C)C)cc1. The number of nitrogens with two attached hydrogens (primary N) is 1. The van der Waals surface area contributed by atoms with Gasteiger partial charge in [0.15, 0.2) is 0 Å². The second-order valence-electron chi connectivity index (χ2n) is 5.23. The molecule has 0 aliphatic rings. The standard InChI is InChI=1S/C19H24N2O2/c1-4-5-6-13-21-18(20)14-17-9-7-16(8-10-17)11-12-19(22)23-15(2)3/h4-13,15H,14H2,1-3H3,(H2,20,21)/b5-4+,12-11+,13-6+. The van der Waals surface area contributed by atoms with Crippen molar-refractivity contribution in [1.29, 1.82) is 0 Å². The smallest absolute Gasteiger partial charge is 0.331 e. The summed E-state index contributed by atoms with van der Waals surface area (Å²) < 4.78 is 5.03. The fourth-order valence-electron chi connectivity index (χ4n) is 1.74. The molecule has 0 saturated heterocycles. The maximum atomic E-state index is 11.4.